The van der Waals surface area contributed by atoms with E-state index < -0.39 is 0 Å². The van der Waals surface area contributed by atoms with E-state index in [1.807, 2.05) is 0 Å². The Morgan fingerprint density at radius 1 is 1.30 bits per heavy atom. The summed E-state index contributed by atoms with van der Waals surface area (Å²) < 4.78 is 0. The SMILES string of the molecule is C#CCCC1(CCC(=O)NCC(CN2CCCC2)C2CC2)N=N1. The molecule has 1 atom stereocenters. The van der Waals surface area contributed by atoms with Crippen LogP contribution in [0.5, 0.6) is 0 Å². The van der Waals surface area contributed by atoms with Gasteiger partial charge in [-0.1, -0.05) is 0 Å². The van der Waals surface area contributed by atoms with Gasteiger partial charge in [0.15, 0.2) is 5.66 Å². The highest BCUT2D eigenvalue weighted by molar-refractivity contribution is 5.76. The second-order valence-corrected chi connectivity index (χ2v) is 7.30. The number of rotatable bonds is 10. The van der Waals surface area contributed by atoms with E-state index in [0.717, 1.165) is 25.4 Å². The largest absolute Gasteiger partial charge is 0.356 e. The molecule has 1 aliphatic carbocycles. The van der Waals surface area contributed by atoms with Gasteiger partial charge < -0.3 is 10.2 Å². The number of carbonyl (C=O) groups excluding carboxylic acids is 1. The summed E-state index contributed by atoms with van der Waals surface area (Å²) in [6.45, 7) is 4.45. The molecule has 1 amide bonds. The van der Waals surface area contributed by atoms with Crippen LogP contribution in [0.4, 0.5) is 0 Å². The van der Waals surface area contributed by atoms with E-state index in [2.05, 4.69) is 26.4 Å². The van der Waals surface area contributed by atoms with Gasteiger partial charge in [0.1, 0.15) is 0 Å². The van der Waals surface area contributed by atoms with Gasteiger partial charge in [0.25, 0.3) is 0 Å². The van der Waals surface area contributed by atoms with Crippen molar-refractivity contribution in [3.8, 4) is 12.3 Å². The number of hydrogen-bond donors (Lipinski definition) is 1. The molecule has 126 valence electrons. The van der Waals surface area contributed by atoms with Crippen LogP contribution in [0.25, 0.3) is 0 Å². The molecule has 3 aliphatic rings. The lowest BCUT2D eigenvalue weighted by atomic mass is 10.0. The van der Waals surface area contributed by atoms with Gasteiger partial charge in [-0.15, -0.1) is 12.3 Å². The predicted octanol–water partition coefficient (Wildman–Crippen LogP) is 2.58. The standard InChI is InChI=1S/C18H28N4O/c1-2-3-9-18(20-21-18)10-8-17(23)19-13-16(15-6-7-15)14-22-11-4-5-12-22/h1,15-16H,3-14H2,(H,19,23). The molecule has 0 aromatic heterocycles. The van der Waals surface area contributed by atoms with E-state index >= 15 is 0 Å². The molecule has 5 nitrogen and oxygen atoms in total. The first-order valence-corrected chi connectivity index (χ1v) is 9.07. The van der Waals surface area contributed by atoms with Crippen molar-refractivity contribution in [2.45, 2.75) is 57.0 Å². The Morgan fingerprint density at radius 2 is 2.04 bits per heavy atom. The van der Waals surface area contributed by atoms with Crippen molar-refractivity contribution in [3.05, 3.63) is 0 Å². The van der Waals surface area contributed by atoms with Gasteiger partial charge in [0.2, 0.25) is 5.91 Å². The summed E-state index contributed by atoms with van der Waals surface area (Å²) in [5.74, 6) is 4.21. The van der Waals surface area contributed by atoms with E-state index in [4.69, 9.17) is 6.42 Å². The highest BCUT2D eigenvalue weighted by Gasteiger charge is 2.39. The first kappa shape index (κ1) is 16.4. The molecular weight excluding hydrogens is 288 g/mol. The van der Waals surface area contributed by atoms with Crippen LogP contribution in [0.3, 0.4) is 0 Å². The molecule has 23 heavy (non-hydrogen) atoms. The smallest absolute Gasteiger partial charge is 0.220 e. The normalized spacial score (nSPS) is 23.4. The van der Waals surface area contributed by atoms with E-state index in [-0.39, 0.29) is 11.6 Å². The minimum atomic E-state index is -0.338. The number of nitrogens with one attached hydrogen (secondary N) is 1. The molecule has 5 heteroatoms. The van der Waals surface area contributed by atoms with Crippen LogP contribution in [0.15, 0.2) is 10.2 Å². The van der Waals surface area contributed by atoms with Gasteiger partial charge in [-0.05, 0) is 50.6 Å². The lowest BCUT2D eigenvalue weighted by Crippen LogP contribution is -2.37. The minimum absolute atomic E-state index is 0.134. The fourth-order valence-corrected chi connectivity index (χ4v) is 3.56. The quantitative estimate of drug-likeness (QED) is 0.630. The van der Waals surface area contributed by atoms with E-state index in [0.29, 0.717) is 25.2 Å². The van der Waals surface area contributed by atoms with Crippen LogP contribution < -0.4 is 5.32 Å². The zero-order valence-corrected chi connectivity index (χ0v) is 14.0. The van der Waals surface area contributed by atoms with Crippen molar-refractivity contribution in [2.24, 2.45) is 22.1 Å². The second-order valence-electron chi connectivity index (χ2n) is 7.30. The summed E-state index contributed by atoms with van der Waals surface area (Å²) in [6, 6.07) is 0. The molecule has 2 heterocycles. The van der Waals surface area contributed by atoms with Crippen LogP contribution >= 0.6 is 0 Å². The molecule has 0 bridgehead atoms. The summed E-state index contributed by atoms with van der Waals surface area (Å²) in [4.78, 5) is 14.7. The number of hydrogen-bond acceptors (Lipinski definition) is 4. The lowest BCUT2D eigenvalue weighted by Gasteiger charge is -2.23. The Labute approximate surface area is 139 Å². The van der Waals surface area contributed by atoms with Crippen molar-refractivity contribution in [3.63, 3.8) is 0 Å². The molecule has 1 N–H and O–H groups in total. The highest BCUT2D eigenvalue weighted by atomic mass is 16.1. The van der Waals surface area contributed by atoms with Crippen LogP contribution in [0.1, 0.15) is 51.4 Å². The Kier molecular flexibility index (Phi) is 5.32. The molecule has 3 rings (SSSR count). The average Bonchev–Trinajstić information content (AvgIpc) is 3.48. The molecule has 0 aromatic carbocycles. The van der Waals surface area contributed by atoms with Crippen molar-refractivity contribution >= 4 is 5.91 Å². The first-order chi connectivity index (χ1) is 11.2. The zero-order chi connectivity index (χ0) is 16.1. The fraction of sp³-hybridized carbons (Fsp3) is 0.833. The molecule has 2 fully saturated rings. The first-order valence-electron chi connectivity index (χ1n) is 9.07. The third kappa shape index (κ3) is 5.04. The predicted molar refractivity (Wildman–Crippen MR) is 89.8 cm³/mol. The molecule has 1 unspecified atom stereocenters. The molecule has 2 aliphatic heterocycles. The van der Waals surface area contributed by atoms with Crippen molar-refractivity contribution in [1.29, 1.82) is 0 Å². The fourth-order valence-electron chi connectivity index (χ4n) is 3.56. The maximum absolute atomic E-state index is 12.1. The van der Waals surface area contributed by atoms with Gasteiger partial charge in [-0.2, -0.15) is 10.2 Å². The van der Waals surface area contributed by atoms with Crippen molar-refractivity contribution in [2.75, 3.05) is 26.2 Å². The molecule has 0 aromatic rings. The highest BCUT2D eigenvalue weighted by Crippen LogP contribution is 2.38. The lowest BCUT2D eigenvalue weighted by molar-refractivity contribution is -0.121. The summed E-state index contributed by atoms with van der Waals surface area (Å²) in [6.07, 6.45) is 13.3. The Morgan fingerprint density at radius 3 is 2.65 bits per heavy atom. The summed E-state index contributed by atoms with van der Waals surface area (Å²) in [5, 5.41) is 11.3. The van der Waals surface area contributed by atoms with E-state index in [1.54, 1.807) is 0 Å². The van der Waals surface area contributed by atoms with E-state index in [1.165, 1.54) is 38.8 Å². The maximum Gasteiger partial charge on any atom is 0.220 e. The Bertz CT molecular complexity index is 480. The molecular formula is C18H28N4O. The van der Waals surface area contributed by atoms with Gasteiger partial charge in [0.05, 0.1) is 0 Å². The second kappa shape index (κ2) is 7.44. The maximum atomic E-state index is 12.1. The minimum Gasteiger partial charge on any atom is -0.356 e. The summed E-state index contributed by atoms with van der Waals surface area (Å²) >= 11 is 0. The molecule has 0 spiro atoms. The van der Waals surface area contributed by atoms with Crippen LogP contribution in [0.2, 0.25) is 0 Å². The van der Waals surface area contributed by atoms with Gasteiger partial charge >= 0.3 is 0 Å². The summed E-state index contributed by atoms with van der Waals surface area (Å²) in [7, 11) is 0. The summed E-state index contributed by atoms with van der Waals surface area (Å²) in [5.41, 5.74) is -0.338. The number of carbonyl (C=O) groups is 1. The van der Waals surface area contributed by atoms with Crippen LogP contribution in [-0.2, 0) is 4.79 Å². The van der Waals surface area contributed by atoms with Crippen molar-refractivity contribution < 1.29 is 4.79 Å². The molecule has 1 saturated carbocycles. The van der Waals surface area contributed by atoms with Crippen LogP contribution in [0, 0.1) is 24.2 Å². The zero-order valence-electron chi connectivity index (χ0n) is 14.0. The molecule has 1 saturated heterocycles. The average molecular weight is 316 g/mol. The molecule has 0 radical (unpaired) electrons. The Hall–Kier alpha value is -1.41. The van der Waals surface area contributed by atoms with Crippen LogP contribution in [-0.4, -0.2) is 42.6 Å². The Balaban J connectivity index is 1.35. The van der Waals surface area contributed by atoms with Gasteiger partial charge in [-0.3, -0.25) is 4.79 Å². The third-order valence-corrected chi connectivity index (χ3v) is 5.35. The van der Waals surface area contributed by atoms with Crippen molar-refractivity contribution in [1.82, 2.24) is 10.2 Å². The number of nitrogens with zero attached hydrogens (tertiary/aromatic N) is 3. The number of amides is 1. The monoisotopic (exact) mass is 316 g/mol. The van der Waals surface area contributed by atoms with Gasteiger partial charge in [-0.25, -0.2) is 0 Å². The van der Waals surface area contributed by atoms with E-state index in [9.17, 15) is 4.79 Å². The number of likely N-dealkylation sites (tertiary alicyclic amines) is 1. The third-order valence-electron chi connectivity index (χ3n) is 5.35. The topological polar surface area (TPSA) is 57.1 Å². The van der Waals surface area contributed by atoms with Gasteiger partial charge in [0, 0.05) is 38.8 Å². The number of terminal acetylenes is 1.